The van der Waals surface area contributed by atoms with Gasteiger partial charge in [0.25, 0.3) is 0 Å². The molecule has 1 heterocycles. The Bertz CT molecular complexity index is 640. The summed E-state index contributed by atoms with van der Waals surface area (Å²) in [6.45, 7) is 7.22. The molecule has 5 nitrogen and oxygen atoms in total. The summed E-state index contributed by atoms with van der Waals surface area (Å²) < 4.78 is 5.32. The summed E-state index contributed by atoms with van der Waals surface area (Å²) in [5, 5.41) is 21.0. The Morgan fingerprint density at radius 1 is 1.28 bits per heavy atom. The van der Waals surface area contributed by atoms with Crippen molar-refractivity contribution in [1.82, 2.24) is 4.90 Å². The molecule has 0 aromatic rings. The van der Waals surface area contributed by atoms with E-state index < -0.39 is 6.10 Å². The lowest BCUT2D eigenvalue weighted by Crippen LogP contribution is -2.40. The highest BCUT2D eigenvalue weighted by molar-refractivity contribution is 5.76. The standard InChI is InChI=1S/C27H45NO4/c1-3-4-7-20(2)16-23(29)10-11-24-25-18-21(17-22(25)19-26(24)30)8-5-6-9-27(31)28-12-14-32-15-13-28/h10-11,17,20,22-26,29-30H,3-9,12-16,18-19H2,1-2H3/b11-10+/t20-,22-,23+,24+,25-,26+/m0/s1. The number of rotatable bonds is 12. The van der Waals surface area contributed by atoms with Crippen molar-refractivity contribution in [3.05, 3.63) is 23.8 Å². The van der Waals surface area contributed by atoms with Crippen LogP contribution in [0, 0.1) is 23.7 Å². The van der Waals surface area contributed by atoms with E-state index in [9.17, 15) is 15.0 Å². The molecule has 0 aromatic heterocycles. The zero-order valence-electron chi connectivity index (χ0n) is 20.3. The third-order valence-electron chi connectivity index (χ3n) is 7.70. The Hall–Kier alpha value is -1.17. The predicted octanol–water partition coefficient (Wildman–Crippen LogP) is 4.48. The lowest BCUT2D eigenvalue weighted by atomic mass is 9.88. The largest absolute Gasteiger partial charge is 0.392 e. The summed E-state index contributed by atoms with van der Waals surface area (Å²) in [7, 11) is 0. The molecule has 182 valence electrons. The molecule has 5 heteroatoms. The first-order valence-electron chi connectivity index (χ1n) is 13.1. The second-order valence-corrected chi connectivity index (χ2v) is 10.4. The van der Waals surface area contributed by atoms with Gasteiger partial charge in [0.2, 0.25) is 5.91 Å². The fourth-order valence-corrected chi connectivity index (χ4v) is 5.81. The number of carbonyl (C=O) groups excluding carboxylic acids is 1. The number of amides is 1. The van der Waals surface area contributed by atoms with Gasteiger partial charge in [-0.05, 0) is 56.3 Å². The van der Waals surface area contributed by atoms with Crippen molar-refractivity contribution in [2.75, 3.05) is 26.3 Å². The minimum absolute atomic E-state index is 0.150. The Labute approximate surface area is 194 Å². The van der Waals surface area contributed by atoms with Crippen molar-refractivity contribution in [3.63, 3.8) is 0 Å². The maximum absolute atomic E-state index is 12.3. The van der Waals surface area contributed by atoms with Crippen LogP contribution in [-0.2, 0) is 9.53 Å². The molecule has 2 N–H and O–H groups in total. The molecule has 1 aliphatic heterocycles. The highest BCUT2D eigenvalue weighted by Crippen LogP contribution is 2.48. The normalized spacial score (nSPS) is 29.9. The topological polar surface area (TPSA) is 70.0 Å². The van der Waals surface area contributed by atoms with Crippen LogP contribution in [0.1, 0.15) is 78.1 Å². The molecule has 3 rings (SSSR count). The van der Waals surface area contributed by atoms with E-state index >= 15 is 0 Å². The van der Waals surface area contributed by atoms with E-state index in [0.29, 0.717) is 37.4 Å². The summed E-state index contributed by atoms with van der Waals surface area (Å²) in [4.78, 5) is 14.2. The lowest BCUT2D eigenvalue weighted by molar-refractivity contribution is -0.135. The Kier molecular flexibility index (Phi) is 10.3. The van der Waals surface area contributed by atoms with E-state index in [4.69, 9.17) is 4.74 Å². The van der Waals surface area contributed by atoms with Crippen LogP contribution in [0.25, 0.3) is 0 Å². The molecule has 0 radical (unpaired) electrons. The SMILES string of the molecule is CCCC[C@H](C)C[C@H](O)/C=C/[C@@H]1[C@H]2CC(CCCCC(=O)N3CCOCC3)=C[C@H]2C[C@H]1O. The maximum atomic E-state index is 12.3. The molecular weight excluding hydrogens is 402 g/mol. The number of aliphatic hydroxyl groups is 2. The van der Waals surface area contributed by atoms with E-state index in [1.54, 1.807) is 0 Å². The van der Waals surface area contributed by atoms with Gasteiger partial charge in [0.05, 0.1) is 25.4 Å². The van der Waals surface area contributed by atoms with E-state index in [1.165, 1.54) is 24.8 Å². The smallest absolute Gasteiger partial charge is 0.222 e. The van der Waals surface area contributed by atoms with Gasteiger partial charge in [-0.2, -0.15) is 0 Å². The number of unbranched alkanes of at least 4 members (excludes halogenated alkanes) is 2. The van der Waals surface area contributed by atoms with Crippen molar-refractivity contribution >= 4 is 5.91 Å². The van der Waals surface area contributed by atoms with Gasteiger partial charge in [0.15, 0.2) is 0 Å². The fraction of sp³-hybridized carbons (Fsp3) is 0.815. The van der Waals surface area contributed by atoms with Crippen LogP contribution in [0.3, 0.4) is 0 Å². The van der Waals surface area contributed by atoms with Gasteiger partial charge in [-0.25, -0.2) is 0 Å². The summed E-state index contributed by atoms with van der Waals surface area (Å²) in [5.41, 5.74) is 1.50. The van der Waals surface area contributed by atoms with Gasteiger partial charge in [-0.15, -0.1) is 0 Å². The second kappa shape index (κ2) is 12.9. The number of fused-ring (bicyclic) bond motifs is 1. The molecule has 2 aliphatic carbocycles. The number of hydrogen-bond acceptors (Lipinski definition) is 4. The molecule has 0 aromatic carbocycles. The minimum Gasteiger partial charge on any atom is -0.392 e. The van der Waals surface area contributed by atoms with Crippen LogP contribution < -0.4 is 0 Å². The van der Waals surface area contributed by atoms with E-state index in [1.807, 2.05) is 11.0 Å². The fourth-order valence-electron chi connectivity index (χ4n) is 5.81. The third-order valence-corrected chi connectivity index (χ3v) is 7.70. The Balaban J connectivity index is 1.38. The third kappa shape index (κ3) is 7.43. The summed E-state index contributed by atoms with van der Waals surface area (Å²) in [6.07, 6.45) is 15.7. The van der Waals surface area contributed by atoms with E-state index in [-0.39, 0.29) is 17.9 Å². The first-order chi connectivity index (χ1) is 15.5. The monoisotopic (exact) mass is 447 g/mol. The molecule has 0 unspecified atom stereocenters. The van der Waals surface area contributed by atoms with Crippen molar-refractivity contribution < 1.29 is 19.7 Å². The number of aliphatic hydroxyl groups excluding tert-OH is 2. The molecule has 6 atom stereocenters. The van der Waals surface area contributed by atoms with Crippen molar-refractivity contribution in [2.24, 2.45) is 23.7 Å². The highest BCUT2D eigenvalue weighted by atomic mass is 16.5. The van der Waals surface area contributed by atoms with Crippen molar-refractivity contribution in [1.29, 1.82) is 0 Å². The number of ether oxygens (including phenoxy) is 1. The van der Waals surface area contributed by atoms with Gasteiger partial charge < -0.3 is 19.8 Å². The second-order valence-electron chi connectivity index (χ2n) is 10.4. The highest BCUT2D eigenvalue weighted by Gasteiger charge is 2.43. The number of nitrogens with zero attached hydrogens (tertiary/aromatic N) is 1. The van der Waals surface area contributed by atoms with Gasteiger partial charge in [-0.1, -0.05) is 56.9 Å². The van der Waals surface area contributed by atoms with Crippen molar-refractivity contribution in [3.8, 4) is 0 Å². The average molecular weight is 448 g/mol. The molecule has 3 aliphatic rings. The summed E-state index contributed by atoms with van der Waals surface area (Å²) in [6, 6.07) is 0. The van der Waals surface area contributed by atoms with E-state index in [0.717, 1.165) is 51.6 Å². The van der Waals surface area contributed by atoms with Crippen LogP contribution in [0.2, 0.25) is 0 Å². The summed E-state index contributed by atoms with van der Waals surface area (Å²) in [5.74, 6) is 1.88. The van der Waals surface area contributed by atoms with Gasteiger partial charge in [0.1, 0.15) is 0 Å². The number of hydrogen-bond donors (Lipinski definition) is 2. The quantitative estimate of drug-likeness (QED) is 0.342. The van der Waals surface area contributed by atoms with Crippen LogP contribution in [-0.4, -0.2) is 59.5 Å². The van der Waals surface area contributed by atoms with E-state index in [2.05, 4.69) is 26.0 Å². The first-order valence-corrected chi connectivity index (χ1v) is 13.1. The number of carbonyl (C=O) groups is 1. The maximum Gasteiger partial charge on any atom is 0.222 e. The molecule has 32 heavy (non-hydrogen) atoms. The number of allylic oxidation sites excluding steroid dienone is 2. The molecule has 0 bridgehead atoms. The average Bonchev–Trinajstić information content (AvgIpc) is 3.30. The molecule has 1 amide bonds. The van der Waals surface area contributed by atoms with Gasteiger partial charge in [-0.3, -0.25) is 4.79 Å². The summed E-state index contributed by atoms with van der Waals surface area (Å²) >= 11 is 0. The van der Waals surface area contributed by atoms with Crippen LogP contribution in [0.4, 0.5) is 0 Å². The predicted molar refractivity (Wildman–Crippen MR) is 128 cm³/mol. The molecular formula is C27H45NO4. The Morgan fingerprint density at radius 2 is 2.06 bits per heavy atom. The number of morpholine rings is 1. The first kappa shape index (κ1) is 25.5. The Morgan fingerprint density at radius 3 is 2.81 bits per heavy atom. The zero-order valence-corrected chi connectivity index (χ0v) is 20.3. The van der Waals surface area contributed by atoms with Gasteiger partial charge >= 0.3 is 0 Å². The molecule has 2 fully saturated rings. The molecule has 0 spiro atoms. The molecule has 1 saturated carbocycles. The van der Waals surface area contributed by atoms with Crippen LogP contribution in [0.5, 0.6) is 0 Å². The minimum atomic E-state index is -0.411. The van der Waals surface area contributed by atoms with Gasteiger partial charge in [0, 0.05) is 25.4 Å². The molecule has 1 saturated heterocycles. The lowest BCUT2D eigenvalue weighted by Gasteiger charge is -2.26. The van der Waals surface area contributed by atoms with Crippen LogP contribution in [0.15, 0.2) is 23.8 Å². The van der Waals surface area contributed by atoms with Crippen molar-refractivity contribution in [2.45, 2.75) is 90.3 Å². The van der Waals surface area contributed by atoms with Crippen LogP contribution >= 0.6 is 0 Å². The zero-order chi connectivity index (χ0) is 22.9.